The molecule has 3 aromatic carbocycles. The number of likely N-dealkylation sites (N-methyl/N-ethyl adjacent to an activating group) is 1. The third-order valence-electron chi connectivity index (χ3n) is 6.84. The largest absolute Gasteiger partial charge is 0.489 e. The van der Waals surface area contributed by atoms with Crippen LogP contribution < -0.4 is 10.1 Å². The molecule has 1 saturated heterocycles. The van der Waals surface area contributed by atoms with Crippen LogP contribution in [0.15, 0.2) is 84.9 Å². The predicted molar refractivity (Wildman–Crippen MR) is 149 cm³/mol. The van der Waals surface area contributed by atoms with Crippen LogP contribution in [0.25, 0.3) is 0 Å². The van der Waals surface area contributed by atoms with Gasteiger partial charge in [-0.3, -0.25) is 9.59 Å². The normalized spacial score (nSPS) is 15.2. The van der Waals surface area contributed by atoms with Crippen LogP contribution in [-0.2, 0) is 22.6 Å². The number of carbonyl (C=O) groups is 4. The second-order valence-electron chi connectivity index (χ2n) is 9.81. The summed E-state index contributed by atoms with van der Waals surface area (Å²) in [7, 11) is 1.46. The molecule has 208 valence electrons. The number of carboxylic acid groups (broad SMARTS) is 1. The Morgan fingerprint density at radius 2 is 1.60 bits per heavy atom. The monoisotopic (exact) mass is 543 g/mol. The number of rotatable bonds is 11. The first-order valence-corrected chi connectivity index (χ1v) is 13.2. The summed E-state index contributed by atoms with van der Waals surface area (Å²) in [4.78, 5) is 53.3. The van der Waals surface area contributed by atoms with Gasteiger partial charge < -0.3 is 25.0 Å². The molecule has 2 N–H and O–H groups in total. The molecule has 3 aromatic rings. The number of urea groups is 1. The molecular weight excluding hydrogens is 510 g/mol. The summed E-state index contributed by atoms with van der Waals surface area (Å²) in [5.74, 6) is -1.15. The number of carbonyl (C=O) groups excluding carboxylic acids is 3. The Morgan fingerprint density at radius 3 is 2.25 bits per heavy atom. The molecule has 1 aliphatic rings. The molecule has 9 nitrogen and oxygen atoms in total. The van der Waals surface area contributed by atoms with Crippen LogP contribution in [0.5, 0.6) is 5.75 Å². The molecule has 0 radical (unpaired) electrons. The zero-order valence-corrected chi connectivity index (χ0v) is 22.4. The summed E-state index contributed by atoms with van der Waals surface area (Å²) in [6.07, 6.45) is 1.18. The molecule has 40 heavy (non-hydrogen) atoms. The van der Waals surface area contributed by atoms with Gasteiger partial charge in [0.05, 0.1) is 12.6 Å². The number of amides is 3. The van der Waals surface area contributed by atoms with Gasteiger partial charge in [-0.2, -0.15) is 0 Å². The van der Waals surface area contributed by atoms with E-state index < -0.39 is 30.0 Å². The minimum absolute atomic E-state index is 0.208. The molecule has 4 rings (SSSR count). The zero-order chi connectivity index (χ0) is 28.5. The van der Waals surface area contributed by atoms with E-state index in [2.05, 4.69) is 5.32 Å². The van der Waals surface area contributed by atoms with E-state index in [9.17, 15) is 24.3 Å². The third kappa shape index (κ3) is 7.47. The van der Waals surface area contributed by atoms with Gasteiger partial charge in [0.25, 0.3) is 5.91 Å². The van der Waals surface area contributed by atoms with Gasteiger partial charge in [-0.1, -0.05) is 60.7 Å². The highest BCUT2D eigenvalue weighted by molar-refractivity contribution is 5.99. The molecule has 0 bridgehead atoms. The smallest absolute Gasteiger partial charge is 0.326 e. The number of carboxylic acids is 1. The highest BCUT2D eigenvalue weighted by atomic mass is 16.5. The summed E-state index contributed by atoms with van der Waals surface area (Å²) < 4.78 is 5.85. The highest BCUT2D eigenvalue weighted by Crippen LogP contribution is 2.20. The van der Waals surface area contributed by atoms with Crippen LogP contribution >= 0.6 is 0 Å². The molecule has 2 atom stereocenters. The van der Waals surface area contributed by atoms with Crippen molar-refractivity contribution in [1.82, 2.24) is 15.1 Å². The van der Waals surface area contributed by atoms with Crippen LogP contribution in [0.1, 0.15) is 34.3 Å². The molecule has 1 unspecified atom stereocenters. The third-order valence-corrected chi connectivity index (χ3v) is 6.84. The fourth-order valence-electron chi connectivity index (χ4n) is 4.66. The van der Waals surface area contributed by atoms with Crippen molar-refractivity contribution >= 4 is 23.7 Å². The molecule has 0 aromatic heterocycles. The lowest BCUT2D eigenvalue weighted by Crippen LogP contribution is -2.51. The molecule has 3 amide bonds. The van der Waals surface area contributed by atoms with Crippen molar-refractivity contribution in [1.29, 1.82) is 0 Å². The number of hydrogen-bond donors (Lipinski definition) is 2. The van der Waals surface area contributed by atoms with Gasteiger partial charge in [0.15, 0.2) is 5.78 Å². The first-order valence-electron chi connectivity index (χ1n) is 13.2. The van der Waals surface area contributed by atoms with E-state index in [0.717, 1.165) is 11.1 Å². The molecule has 0 aliphatic carbocycles. The first-order chi connectivity index (χ1) is 19.3. The number of likely N-dealkylation sites (tertiary alicyclic amines) is 1. The summed E-state index contributed by atoms with van der Waals surface area (Å²) in [5.41, 5.74) is 2.26. The Bertz CT molecular complexity index is 1310. The quantitative estimate of drug-likeness (QED) is 0.380. The summed E-state index contributed by atoms with van der Waals surface area (Å²) >= 11 is 0. The number of hydrogen-bond acceptors (Lipinski definition) is 5. The Hall–Kier alpha value is -4.66. The van der Waals surface area contributed by atoms with Crippen molar-refractivity contribution in [2.24, 2.45) is 0 Å². The van der Waals surface area contributed by atoms with Crippen molar-refractivity contribution in [3.05, 3.63) is 102 Å². The van der Waals surface area contributed by atoms with Gasteiger partial charge in [0.1, 0.15) is 18.4 Å². The molecular formula is C31H33N3O6. The summed E-state index contributed by atoms with van der Waals surface area (Å²) in [6.45, 7) is 0.468. The maximum Gasteiger partial charge on any atom is 0.326 e. The standard InChI is InChI=1S/C31H33N3O6/c1-33(31(39)34-18-8-13-27(34)30(37)38)20-28(35)26(32-29(36)24-11-6-3-7-12-24)19-22-14-16-25(17-15-22)40-21-23-9-4-2-5-10-23/h2-7,9-12,14-17,26-27H,8,13,18-21H2,1H3,(H,32,36)(H,37,38)/t26?,27-/m0/s1. The SMILES string of the molecule is CN(CC(=O)C(Cc1ccc(OCc2ccccc2)cc1)NC(=O)c1ccccc1)C(=O)N1CCC[C@H]1C(=O)O. The maximum absolute atomic E-state index is 13.4. The fourth-order valence-corrected chi connectivity index (χ4v) is 4.66. The van der Waals surface area contributed by atoms with Crippen molar-refractivity contribution < 1.29 is 29.0 Å². The van der Waals surface area contributed by atoms with Crippen molar-refractivity contribution in [2.45, 2.75) is 38.0 Å². The summed E-state index contributed by atoms with van der Waals surface area (Å²) in [6, 6.07) is 23.4. The molecule has 1 fully saturated rings. The van der Waals surface area contributed by atoms with E-state index >= 15 is 0 Å². The Kier molecular flexibility index (Phi) is 9.51. The fraction of sp³-hybridized carbons (Fsp3) is 0.290. The van der Waals surface area contributed by atoms with Crippen molar-refractivity contribution in [2.75, 3.05) is 20.1 Å². The van der Waals surface area contributed by atoms with Gasteiger partial charge in [0.2, 0.25) is 0 Å². The second kappa shape index (κ2) is 13.4. The molecule has 0 saturated carbocycles. The minimum atomic E-state index is -1.06. The number of ether oxygens (including phenoxy) is 1. The highest BCUT2D eigenvalue weighted by Gasteiger charge is 2.36. The molecule has 1 heterocycles. The number of ketones is 1. The number of benzene rings is 3. The van der Waals surface area contributed by atoms with E-state index in [0.29, 0.717) is 37.3 Å². The van der Waals surface area contributed by atoms with Gasteiger partial charge >= 0.3 is 12.0 Å². The van der Waals surface area contributed by atoms with Crippen LogP contribution in [0.4, 0.5) is 4.79 Å². The van der Waals surface area contributed by atoms with Gasteiger partial charge in [-0.15, -0.1) is 0 Å². The molecule has 1 aliphatic heterocycles. The topological polar surface area (TPSA) is 116 Å². The van der Waals surface area contributed by atoms with Crippen LogP contribution in [0.3, 0.4) is 0 Å². The molecule has 9 heteroatoms. The van der Waals surface area contributed by atoms with E-state index in [-0.39, 0.29) is 18.7 Å². The van der Waals surface area contributed by atoms with Gasteiger partial charge in [-0.25, -0.2) is 9.59 Å². The van der Waals surface area contributed by atoms with E-state index in [1.165, 1.54) is 16.8 Å². The van der Waals surface area contributed by atoms with Crippen LogP contribution in [0.2, 0.25) is 0 Å². The lowest BCUT2D eigenvalue weighted by Gasteiger charge is -2.28. The predicted octanol–water partition coefficient (Wildman–Crippen LogP) is 3.78. The van der Waals surface area contributed by atoms with Gasteiger partial charge in [-0.05, 0) is 54.7 Å². The number of nitrogens with zero attached hydrogens (tertiary/aromatic N) is 2. The van der Waals surface area contributed by atoms with Crippen LogP contribution in [-0.4, -0.2) is 70.8 Å². The number of nitrogens with one attached hydrogen (secondary N) is 1. The average Bonchev–Trinajstić information content (AvgIpc) is 3.47. The zero-order valence-electron chi connectivity index (χ0n) is 22.4. The number of Topliss-reactive ketones (excluding diaryl/α,β-unsaturated/α-hetero) is 1. The van der Waals surface area contributed by atoms with Crippen LogP contribution in [0, 0.1) is 0 Å². The van der Waals surface area contributed by atoms with Crippen molar-refractivity contribution in [3.8, 4) is 5.75 Å². The van der Waals surface area contributed by atoms with Crippen molar-refractivity contribution in [3.63, 3.8) is 0 Å². The average molecular weight is 544 g/mol. The van der Waals surface area contributed by atoms with E-state index in [4.69, 9.17) is 4.74 Å². The van der Waals surface area contributed by atoms with E-state index in [1.54, 1.807) is 30.3 Å². The maximum atomic E-state index is 13.4. The Labute approximate surface area is 233 Å². The first kappa shape index (κ1) is 28.4. The van der Waals surface area contributed by atoms with Gasteiger partial charge in [0, 0.05) is 19.2 Å². The Balaban J connectivity index is 1.44. The Morgan fingerprint density at radius 1 is 0.950 bits per heavy atom. The minimum Gasteiger partial charge on any atom is -0.489 e. The second-order valence-corrected chi connectivity index (χ2v) is 9.81. The number of aliphatic carboxylic acids is 1. The summed E-state index contributed by atoms with van der Waals surface area (Å²) in [5, 5.41) is 12.2. The lowest BCUT2D eigenvalue weighted by molar-refractivity contribution is -0.141. The lowest BCUT2D eigenvalue weighted by atomic mass is 10.0. The van der Waals surface area contributed by atoms with E-state index in [1.807, 2.05) is 54.6 Å². The molecule has 0 spiro atoms.